The predicted octanol–water partition coefficient (Wildman–Crippen LogP) is 2.68. The molecule has 0 aliphatic rings. The zero-order chi connectivity index (χ0) is 17.7. The van der Waals surface area contributed by atoms with E-state index in [-0.39, 0.29) is 11.8 Å². The number of nitrogens with zero attached hydrogens (tertiary/aromatic N) is 2. The van der Waals surface area contributed by atoms with Crippen molar-refractivity contribution in [1.29, 1.82) is 0 Å². The van der Waals surface area contributed by atoms with Gasteiger partial charge in [0.1, 0.15) is 12.3 Å². The molecule has 0 N–H and O–H groups in total. The summed E-state index contributed by atoms with van der Waals surface area (Å²) in [5, 5.41) is 12.2. The highest BCUT2D eigenvalue weighted by Crippen LogP contribution is 2.15. The molecule has 0 saturated heterocycles. The summed E-state index contributed by atoms with van der Waals surface area (Å²) >= 11 is 0. The van der Waals surface area contributed by atoms with E-state index in [0.29, 0.717) is 11.1 Å². The fourth-order valence-corrected chi connectivity index (χ4v) is 2.70. The number of carbonyl (C=O) groups is 2. The van der Waals surface area contributed by atoms with Crippen LogP contribution >= 0.6 is 0 Å². The van der Waals surface area contributed by atoms with Crippen molar-refractivity contribution in [1.82, 2.24) is 9.80 Å². The molecule has 5 heteroatoms. The van der Waals surface area contributed by atoms with Gasteiger partial charge in [0.05, 0.1) is 0 Å². The topological polar surface area (TPSA) is 60.5 Å². The molecular formula is C19H21N2O3. The number of likely N-dealkylation sites (N-methyl/N-ethyl adjacent to an activating group) is 2. The number of hydrogen-bond acceptors (Lipinski definition) is 2. The van der Waals surface area contributed by atoms with Crippen molar-refractivity contribution in [3.05, 3.63) is 71.8 Å². The van der Waals surface area contributed by atoms with Crippen molar-refractivity contribution in [2.75, 3.05) is 14.1 Å². The van der Waals surface area contributed by atoms with Crippen LogP contribution in [-0.4, -0.2) is 48.0 Å². The third kappa shape index (κ3) is 3.81. The van der Waals surface area contributed by atoms with Gasteiger partial charge >= 0.3 is 0 Å². The fraction of sp³-hybridized carbons (Fsp3) is 0.263. The van der Waals surface area contributed by atoms with Crippen LogP contribution in [0.4, 0.5) is 0 Å². The van der Waals surface area contributed by atoms with Gasteiger partial charge < -0.3 is 9.80 Å². The van der Waals surface area contributed by atoms with E-state index in [1.807, 2.05) is 12.1 Å². The molecule has 5 nitrogen and oxygen atoms in total. The van der Waals surface area contributed by atoms with E-state index in [9.17, 15) is 14.7 Å². The van der Waals surface area contributed by atoms with Crippen molar-refractivity contribution >= 4 is 11.8 Å². The van der Waals surface area contributed by atoms with Crippen LogP contribution < -0.4 is 0 Å². The molecule has 2 amide bonds. The summed E-state index contributed by atoms with van der Waals surface area (Å²) < 4.78 is 0. The maximum absolute atomic E-state index is 12.6. The molecule has 1 radical (unpaired) electrons. The molecule has 1 atom stereocenters. The summed E-state index contributed by atoms with van der Waals surface area (Å²) in [5.41, 5.74) is 0.956. The molecule has 2 aromatic rings. The maximum atomic E-state index is 12.6. The van der Waals surface area contributed by atoms with Crippen LogP contribution in [-0.2, 0) is 5.11 Å². The van der Waals surface area contributed by atoms with Gasteiger partial charge in [-0.25, -0.2) is 5.11 Å². The second-order valence-electron chi connectivity index (χ2n) is 5.68. The number of hydrogen-bond donors (Lipinski definition) is 0. The standard InChI is InChI=1S/C19H21N2O3/c1-14(22)17(20(2)18(23)15-10-6-4-7-11-15)21(3)19(24)16-12-8-5-9-13-16/h4-14,17H,1-3H3. The van der Waals surface area contributed by atoms with Crippen LogP contribution in [0.25, 0.3) is 0 Å². The Kier molecular flexibility index (Phi) is 5.71. The molecule has 0 saturated carbocycles. The smallest absolute Gasteiger partial charge is 0.255 e. The Bertz CT molecular complexity index is 629. The Balaban J connectivity index is 2.25. The van der Waals surface area contributed by atoms with Crippen LogP contribution in [0.15, 0.2) is 60.7 Å². The minimum Gasteiger partial charge on any atom is -0.318 e. The van der Waals surface area contributed by atoms with Gasteiger partial charge in [0.25, 0.3) is 11.8 Å². The van der Waals surface area contributed by atoms with Gasteiger partial charge in [-0.15, -0.1) is 0 Å². The summed E-state index contributed by atoms with van der Waals surface area (Å²) in [6.45, 7) is 1.45. The van der Waals surface area contributed by atoms with E-state index in [1.165, 1.54) is 16.7 Å². The van der Waals surface area contributed by atoms with Crippen molar-refractivity contribution in [2.45, 2.75) is 19.2 Å². The average Bonchev–Trinajstić information content (AvgIpc) is 2.61. The number of amides is 2. The Hall–Kier alpha value is -2.66. The van der Waals surface area contributed by atoms with Gasteiger partial charge in [-0.1, -0.05) is 36.4 Å². The lowest BCUT2D eigenvalue weighted by Gasteiger charge is -2.36. The number of rotatable bonds is 5. The van der Waals surface area contributed by atoms with E-state index >= 15 is 0 Å². The first kappa shape index (κ1) is 17.7. The van der Waals surface area contributed by atoms with Crippen LogP contribution in [0.2, 0.25) is 0 Å². The Labute approximate surface area is 142 Å². The van der Waals surface area contributed by atoms with E-state index in [2.05, 4.69) is 0 Å². The minimum absolute atomic E-state index is 0.295. The van der Waals surface area contributed by atoms with Gasteiger partial charge in [0, 0.05) is 25.2 Å². The van der Waals surface area contributed by atoms with Gasteiger partial charge in [0.15, 0.2) is 0 Å². The first-order chi connectivity index (χ1) is 11.4. The molecule has 2 aromatic carbocycles. The minimum atomic E-state index is -1.15. The van der Waals surface area contributed by atoms with E-state index in [4.69, 9.17) is 0 Å². The highest BCUT2D eigenvalue weighted by molar-refractivity contribution is 5.96. The fourth-order valence-electron chi connectivity index (χ4n) is 2.70. The normalized spacial score (nSPS) is 11.9. The molecule has 0 aromatic heterocycles. The van der Waals surface area contributed by atoms with Crippen LogP contribution in [0.5, 0.6) is 0 Å². The van der Waals surface area contributed by atoms with Crippen molar-refractivity contribution in [3.63, 3.8) is 0 Å². The highest BCUT2D eigenvalue weighted by Gasteiger charge is 2.32. The molecule has 0 spiro atoms. The molecule has 24 heavy (non-hydrogen) atoms. The molecule has 0 bridgehead atoms. The van der Waals surface area contributed by atoms with E-state index in [1.54, 1.807) is 62.6 Å². The molecule has 1 unspecified atom stereocenters. The summed E-state index contributed by atoms with van der Waals surface area (Å²) in [7, 11) is 3.09. The molecule has 0 aliphatic carbocycles. The first-order valence-electron chi connectivity index (χ1n) is 7.73. The number of benzene rings is 2. The zero-order valence-electron chi connectivity index (χ0n) is 14.0. The lowest BCUT2D eigenvalue weighted by Crippen LogP contribution is -2.54. The monoisotopic (exact) mass is 325 g/mol. The molecule has 0 aliphatic heterocycles. The molecule has 0 fully saturated rings. The summed E-state index contributed by atoms with van der Waals surface area (Å²) in [6, 6.07) is 17.4. The Morgan fingerprint density at radius 2 is 1.08 bits per heavy atom. The average molecular weight is 325 g/mol. The largest absolute Gasteiger partial charge is 0.318 e. The Morgan fingerprint density at radius 1 is 0.750 bits per heavy atom. The van der Waals surface area contributed by atoms with Crippen LogP contribution in [0, 0.1) is 0 Å². The molecular weight excluding hydrogens is 304 g/mol. The quantitative estimate of drug-likeness (QED) is 0.794. The third-order valence-electron chi connectivity index (χ3n) is 3.90. The molecule has 2 rings (SSSR count). The summed E-state index contributed by atoms with van der Waals surface area (Å²) in [4.78, 5) is 27.9. The summed E-state index contributed by atoms with van der Waals surface area (Å²) in [6.07, 6.45) is -2.04. The van der Waals surface area contributed by atoms with Gasteiger partial charge in [-0.05, 0) is 31.2 Å². The second-order valence-corrected chi connectivity index (χ2v) is 5.68. The van der Waals surface area contributed by atoms with E-state index < -0.39 is 12.3 Å². The lowest BCUT2D eigenvalue weighted by molar-refractivity contribution is -0.0317. The number of carbonyl (C=O) groups excluding carboxylic acids is 2. The zero-order valence-corrected chi connectivity index (χ0v) is 14.0. The second kappa shape index (κ2) is 7.75. The van der Waals surface area contributed by atoms with Gasteiger partial charge in [-0.3, -0.25) is 9.59 Å². The highest BCUT2D eigenvalue weighted by atomic mass is 16.3. The summed E-state index contributed by atoms with van der Waals surface area (Å²) in [5.74, 6) is -0.591. The third-order valence-corrected chi connectivity index (χ3v) is 3.90. The van der Waals surface area contributed by atoms with Crippen LogP contribution in [0.3, 0.4) is 0 Å². The molecule has 0 heterocycles. The van der Waals surface area contributed by atoms with E-state index in [0.717, 1.165) is 0 Å². The van der Waals surface area contributed by atoms with Crippen molar-refractivity contribution in [2.24, 2.45) is 0 Å². The van der Waals surface area contributed by atoms with Crippen molar-refractivity contribution < 1.29 is 14.7 Å². The van der Waals surface area contributed by atoms with Crippen molar-refractivity contribution in [3.8, 4) is 0 Å². The Morgan fingerprint density at radius 3 is 1.38 bits per heavy atom. The predicted molar refractivity (Wildman–Crippen MR) is 91.0 cm³/mol. The van der Waals surface area contributed by atoms with Crippen LogP contribution in [0.1, 0.15) is 27.6 Å². The lowest BCUT2D eigenvalue weighted by atomic mass is 10.1. The van der Waals surface area contributed by atoms with Gasteiger partial charge in [0.2, 0.25) is 0 Å². The first-order valence-corrected chi connectivity index (χ1v) is 7.73. The molecule has 125 valence electrons. The van der Waals surface area contributed by atoms with Gasteiger partial charge in [-0.2, -0.15) is 0 Å². The SMILES string of the molecule is CC([O])C(N(C)C(=O)c1ccccc1)N(C)C(=O)c1ccccc1. The maximum Gasteiger partial charge on any atom is 0.255 e.